The smallest absolute Gasteiger partial charge is 0.127 e. The fraction of sp³-hybridized carbons (Fsp3) is 0.389. The molecule has 0 amide bonds. The van der Waals surface area contributed by atoms with Crippen LogP contribution in [-0.2, 0) is 19.5 Å². The summed E-state index contributed by atoms with van der Waals surface area (Å²) in [5.74, 6) is 1.94. The van der Waals surface area contributed by atoms with E-state index in [4.69, 9.17) is 9.47 Å². The van der Waals surface area contributed by atoms with Crippen molar-refractivity contribution in [2.45, 2.75) is 32.5 Å². The van der Waals surface area contributed by atoms with Gasteiger partial charge in [0.2, 0.25) is 0 Å². The normalized spacial score (nSPS) is 16.5. The summed E-state index contributed by atoms with van der Waals surface area (Å²) in [6, 6.07) is 8.27. The van der Waals surface area contributed by atoms with Crippen molar-refractivity contribution in [1.82, 2.24) is 9.88 Å². The molecule has 4 heteroatoms. The lowest BCUT2D eigenvalue weighted by molar-refractivity contribution is 0.245. The summed E-state index contributed by atoms with van der Waals surface area (Å²) in [4.78, 5) is 6.33. The molecule has 1 aromatic carbocycles. The number of hydrogen-bond acceptors (Lipinski definition) is 4. The van der Waals surface area contributed by atoms with Crippen molar-refractivity contribution in [3.8, 4) is 11.5 Å². The molecular formula is C18H22N2O2. The van der Waals surface area contributed by atoms with E-state index < -0.39 is 0 Å². The molecule has 0 N–H and O–H groups in total. The van der Waals surface area contributed by atoms with Gasteiger partial charge in [0.15, 0.2) is 0 Å². The molecule has 3 rings (SSSR count). The highest BCUT2D eigenvalue weighted by Crippen LogP contribution is 2.36. The van der Waals surface area contributed by atoms with Crippen molar-refractivity contribution in [3.05, 3.63) is 53.3 Å². The number of hydrogen-bond donors (Lipinski definition) is 0. The predicted molar refractivity (Wildman–Crippen MR) is 86.2 cm³/mol. The Labute approximate surface area is 131 Å². The first kappa shape index (κ1) is 14.9. The van der Waals surface area contributed by atoms with Gasteiger partial charge in [0.1, 0.15) is 17.6 Å². The lowest BCUT2D eigenvalue weighted by atomic mass is 10.1. The summed E-state index contributed by atoms with van der Waals surface area (Å²) in [6.45, 7) is 3.82. The predicted octanol–water partition coefficient (Wildman–Crippen LogP) is 3.05. The molecule has 0 saturated heterocycles. The van der Waals surface area contributed by atoms with E-state index >= 15 is 0 Å². The molecule has 1 aliphatic heterocycles. The van der Waals surface area contributed by atoms with Gasteiger partial charge in [-0.15, -0.1) is 0 Å². The van der Waals surface area contributed by atoms with Crippen molar-refractivity contribution in [2.24, 2.45) is 0 Å². The van der Waals surface area contributed by atoms with E-state index in [9.17, 15) is 0 Å². The topological polar surface area (TPSA) is 34.6 Å². The lowest BCUT2D eigenvalue weighted by Gasteiger charge is -2.19. The van der Waals surface area contributed by atoms with Gasteiger partial charge in [0.05, 0.1) is 7.11 Å². The number of ether oxygens (including phenoxy) is 2. The quantitative estimate of drug-likeness (QED) is 0.850. The van der Waals surface area contributed by atoms with Gasteiger partial charge >= 0.3 is 0 Å². The molecule has 0 radical (unpaired) electrons. The molecule has 0 bridgehead atoms. The van der Waals surface area contributed by atoms with Gasteiger partial charge in [0.25, 0.3) is 0 Å². The maximum Gasteiger partial charge on any atom is 0.127 e. The summed E-state index contributed by atoms with van der Waals surface area (Å²) in [5, 5.41) is 0. The molecular weight excluding hydrogens is 276 g/mol. The summed E-state index contributed by atoms with van der Waals surface area (Å²) >= 11 is 0. The fourth-order valence-electron chi connectivity index (χ4n) is 2.96. The number of nitrogens with zero attached hydrogens (tertiary/aromatic N) is 2. The highest BCUT2D eigenvalue weighted by molar-refractivity contribution is 5.49. The van der Waals surface area contributed by atoms with Gasteiger partial charge < -0.3 is 9.47 Å². The molecule has 0 aliphatic carbocycles. The van der Waals surface area contributed by atoms with Crippen molar-refractivity contribution in [2.75, 3.05) is 14.2 Å². The van der Waals surface area contributed by atoms with E-state index in [-0.39, 0.29) is 6.10 Å². The maximum absolute atomic E-state index is 6.00. The van der Waals surface area contributed by atoms with Crippen molar-refractivity contribution >= 4 is 0 Å². The van der Waals surface area contributed by atoms with Crippen molar-refractivity contribution in [1.29, 1.82) is 0 Å². The first-order chi connectivity index (χ1) is 10.7. The first-order valence-corrected chi connectivity index (χ1v) is 7.59. The molecule has 4 nitrogen and oxygen atoms in total. The number of rotatable bonds is 5. The van der Waals surface area contributed by atoms with Gasteiger partial charge in [-0.1, -0.05) is 0 Å². The minimum absolute atomic E-state index is 0.242. The van der Waals surface area contributed by atoms with Crippen molar-refractivity contribution in [3.63, 3.8) is 0 Å². The zero-order valence-corrected chi connectivity index (χ0v) is 13.4. The zero-order valence-electron chi connectivity index (χ0n) is 13.4. The summed E-state index contributed by atoms with van der Waals surface area (Å²) in [5.41, 5.74) is 3.70. The zero-order chi connectivity index (χ0) is 15.5. The van der Waals surface area contributed by atoms with Crippen LogP contribution in [0.2, 0.25) is 0 Å². The molecule has 116 valence electrons. The van der Waals surface area contributed by atoms with E-state index in [2.05, 4.69) is 36.0 Å². The summed E-state index contributed by atoms with van der Waals surface area (Å²) < 4.78 is 11.4. The number of fused-ring (bicyclic) bond motifs is 1. The number of pyridine rings is 1. The van der Waals surface area contributed by atoms with Crippen LogP contribution in [0, 0.1) is 0 Å². The molecule has 2 aromatic rings. The monoisotopic (exact) mass is 298 g/mol. The third-order valence-electron chi connectivity index (χ3n) is 3.92. The molecule has 1 aliphatic rings. The highest BCUT2D eigenvalue weighted by atomic mass is 16.5. The van der Waals surface area contributed by atoms with E-state index in [1.165, 1.54) is 16.7 Å². The van der Waals surface area contributed by atoms with Gasteiger partial charge in [-0.3, -0.25) is 9.88 Å². The van der Waals surface area contributed by atoms with Gasteiger partial charge in [-0.05, 0) is 43.8 Å². The van der Waals surface area contributed by atoms with Crippen LogP contribution in [0.25, 0.3) is 0 Å². The maximum atomic E-state index is 6.00. The molecule has 1 aromatic heterocycles. The van der Waals surface area contributed by atoms with Crippen LogP contribution in [0.4, 0.5) is 0 Å². The van der Waals surface area contributed by atoms with E-state index in [0.29, 0.717) is 0 Å². The van der Waals surface area contributed by atoms with Crippen molar-refractivity contribution < 1.29 is 9.47 Å². The minimum Gasteiger partial charge on any atom is -0.497 e. The van der Waals surface area contributed by atoms with Crippen LogP contribution in [0.3, 0.4) is 0 Å². The standard InChI is InChI=1S/C18H22N2O2/c1-13-8-15-9-17(21-3)10-16(18(15)22-13)12-20(2)11-14-4-6-19-7-5-14/h4-7,9-10,13H,8,11-12H2,1-3H3/t13-/m1/s1. The van der Waals surface area contributed by atoms with E-state index in [1.807, 2.05) is 24.5 Å². The Kier molecular flexibility index (Phi) is 4.29. The lowest BCUT2D eigenvalue weighted by Crippen LogP contribution is -2.18. The second-order valence-corrected chi connectivity index (χ2v) is 5.94. The van der Waals surface area contributed by atoms with Crippen LogP contribution in [0.5, 0.6) is 11.5 Å². The van der Waals surface area contributed by atoms with Crippen LogP contribution in [-0.4, -0.2) is 30.1 Å². The Bertz CT molecular complexity index is 643. The van der Waals surface area contributed by atoms with Gasteiger partial charge in [-0.25, -0.2) is 0 Å². The molecule has 0 spiro atoms. The van der Waals surface area contributed by atoms with Crippen LogP contribution < -0.4 is 9.47 Å². The Balaban J connectivity index is 1.78. The van der Waals surface area contributed by atoms with E-state index in [0.717, 1.165) is 31.0 Å². The second kappa shape index (κ2) is 6.36. The number of benzene rings is 1. The third-order valence-corrected chi connectivity index (χ3v) is 3.92. The molecule has 0 saturated carbocycles. The SMILES string of the molecule is COc1cc2c(c(CN(C)Cc3ccncc3)c1)O[C@H](C)C2. The Morgan fingerprint density at radius 3 is 2.77 bits per heavy atom. The van der Waals surface area contributed by atoms with Crippen LogP contribution in [0.15, 0.2) is 36.7 Å². The van der Waals surface area contributed by atoms with E-state index in [1.54, 1.807) is 7.11 Å². The molecule has 1 atom stereocenters. The molecule has 22 heavy (non-hydrogen) atoms. The van der Waals surface area contributed by atoms with Gasteiger partial charge in [-0.2, -0.15) is 0 Å². The molecule has 2 heterocycles. The first-order valence-electron chi connectivity index (χ1n) is 7.59. The van der Waals surface area contributed by atoms with Gasteiger partial charge in [0, 0.05) is 43.0 Å². The molecule has 0 fully saturated rings. The Morgan fingerprint density at radius 1 is 1.27 bits per heavy atom. The minimum atomic E-state index is 0.242. The Hall–Kier alpha value is -2.07. The molecule has 0 unspecified atom stereocenters. The highest BCUT2D eigenvalue weighted by Gasteiger charge is 2.23. The van der Waals surface area contributed by atoms with Crippen LogP contribution in [0.1, 0.15) is 23.6 Å². The fourth-order valence-corrected chi connectivity index (χ4v) is 2.96. The second-order valence-electron chi connectivity index (χ2n) is 5.94. The number of methoxy groups -OCH3 is 1. The third kappa shape index (κ3) is 3.22. The summed E-state index contributed by atoms with van der Waals surface area (Å²) in [6.07, 6.45) is 4.86. The largest absolute Gasteiger partial charge is 0.497 e. The summed E-state index contributed by atoms with van der Waals surface area (Å²) in [7, 11) is 3.83. The average molecular weight is 298 g/mol. The number of aromatic nitrogens is 1. The van der Waals surface area contributed by atoms with Crippen LogP contribution >= 0.6 is 0 Å². The average Bonchev–Trinajstić information content (AvgIpc) is 2.88. The Morgan fingerprint density at radius 2 is 2.05 bits per heavy atom.